The monoisotopic (exact) mass is 300 g/mol. The number of rotatable bonds is 5. The molecule has 1 aliphatic heterocycles. The van der Waals surface area contributed by atoms with Crippen LogP contribution in [0.15, 0.2) is 18.5 Å². The number of carbonyl (C=O) groups excluding carboxylic acids is 1. The predicted molar refractivity (Wildman–Crippen MR) is 77.9 cm³/mol. The smallest absolute Gasteiger partial charge is 0.257 e. The lowest BCUT2D eigenvalue weighted by Gasteiger charge is -2.28. The van der Waals surface area contributed by atoms with Crippen LogP contribution in [0.2, 0.25) is 5.02 Å². The van der Waals surface area contributed by atoms with E-state index in [-0.39, 0.29) is 11.9 Å². The Morgan fingerprint density at radius 3 is 3.16 bits per heavy atom. The summed E-state index contributed by atoms with van der Waals surface area (Å²) in [5, 5.41) is 0.452. The first-order valence-corrected chi connectivity index (χ1v) is 7.74. The van der Waals surface area contributed by atoms with Gasteiger partial charge in [-0.2, -0.15) is 11.8 Å². The quantitative estimate of drug-likeness (QED) is 0.837. The lowest BCUT2D eigenvalue weighted by atomic mass is 10.1. The van der Waals surface area contributed by atoms with Crippen molar-refractivity contribution < 1.29 is 9.53 Å². The van der Waals surface area contributed by atoms with E-state index >= 15 is 0 Å². The molecule has 0 aliphatic carbocycles. The molecule has 1 fully saturated rings. The van der Waals surface area contributed by atoms with Crippen LogP contribution < -0.4 is 0 Å². The Hall–Kier alpha value is -0.780. The minimum Gasteiger partial charge on any atom is -0.383 e. The Balaban J connectivity index is 2.17. The molecule has 4 nitrogen and oxygen atoms in total. The van der Waals surface area contributed by atoms with Gasteiger partial charge in [-0.05, 0) is 18.2 Å². The molecule has 1 amide bonds. The molecule has 19 heavy (non-hydrogen) atoms. The average molecular weight is 301 g/mol. The van der Waals surface area contributed by atoms with E-state index in [9.17, 15) is 4.79 Å². The third-order valence-electron chi connectivity index (χ3n) is 3.14. The molecule has 0 aromatic carbocycles. The molecule has 1 saturated heterocycles. The molecule has 2 rings (SSSR count). The summed E-state index contributed by atoms with van der Waals surface area (Å²) in [7, 11) is 1.64. The normalized spacial score (nSPS) is 18.5. The van der Waals surface area contributed by atoms with E-state index in [1.165, 1.54) is 6.20 Å². The molecular formula is C13H17ClN2O2S. The molecule has 1 aromatic rings. The highest BCUT2D eigenvalue weighted by molar-refractivity contribution is 7.99. The van der Waals surface area contributed by atoms with Crippen LogP contribution in [0.4, 0.5) is 0 Å². The minimum absolute atomic E-state index is 0.0531. The number of aromatic nitrogens is 1. The Labute approximate surface area is 122 Å². The van der Waals surface area contributed by atoms with Crippen molar-refractivity contribution in [2.24, 2.45) is 0 Å². The first-order valence-electron chi connectivity index (χ1n) is 6.21. The fraction of sp³-hybridized carbons (Fsp3) is 0.538. The van der Waals surface area contributed by atoms with Crippen LogP contribution >= 0.6 is 23.4 Å². The van der Waals surface area contributed by atoms with Crippen LogP contribution in [0.3, 0.4) is 0 Å². The van der Waals surface area contributed by atoms with E-state index in [1.54, 1.807) is 19.4 Å². The lowest BCUT2D eigenvalue weighted by Crippen LogP contribution is -2.42. The minimum atomic E-state index is -0.0531. The summed E-state index contributed by atoms with van der Waals surface area (Å²) in [4.78, 5) is 18.5. The third-order valence-corrected chi connectivity index (χ3v) is 4.62. The zero-order chi connectivity index (χ0) is 13.7. The number of carbonyl (C=O) groups is 1. The molecule has 1 aromatic heterocycles. The SMILES string of the molecule is COCCN(C(=O)c1cnccc1Cl)C1CCSC1. The Kier molecular flexibility index (Phi) is 5.48. The maximum atomic E-state index is 12.6. The summed E-state index contributed by atoms with van der Waals surface area (Å²) in [5.74, 6) is 2.03. The first-order chi connectivity index (χ1) is 9.24. The highest BCUT2D eigenvalue weighted by Gasteiger charge is 2.28. The molecule has 0 radical (unpaired) electrons. The number of amides is 1. The molecule has 1 unspecified atom stereocenters. The summed E-state index contributed by atoms with van der Waals surface area (Å²) in [6.45, 7) is 1.12. The number of thioether (sulfide) groups is 1. The van der Waals surface area contributed by atoms with E-state index in [1.807, 2.05) is 16.7 Å². The highest BCUT2D eigenvalue weighted by Crippen LogP contribution is 2.25. The van der Waals surface area contributed by atoms with Crippen molar-refractivity contribution in [3.63, 3.8) is 0 Å². The second-order valence-corrected chi connectivity index (χ2v) is 5.92. The van der Waals surface area contributed by atoms with Crippen LogP contribution in [0.25, 0.3) is 0 Å². The van der Waals surface area contributed by atoms with Gasteiger partial charge in [0, 0.05) is 37.8 Å². The Bertz CT molecular complexity index is 438. The van der Waals surface area contributed by atoms with Gasteiger partial charge in [-0.3, -0.25) is 9.78 Å². The molecule has 0 saturated carbocycles. The maximum Gasteiger partial charge on any atom is 0.257 e. The molecule has 2 heterocycles. The number of hydrogen-bond donors (Lipinski definition) is 0. The number of halogens is 1. The van der Waals surface area contributed by atoms with Crippen molar-refractivity contribution >= 4 is 29.3 Å². The van der Waals surface area contributed by atoms with Gasteiger partial charge in [0.15, 0.2) is 0 Å². The summed E-state index contributed by atoms with van der Waals surface area (Å²) in [5.41, 5.74) is 0.470. The average Bonchev–Trinajstić information content (AvgIpc) is 2.93. The molecule has 0 N–H and O–H groups in total. The zero-order valence-corrected chi connectivity index (χ0v) is 12.4. The summed E-state index contributed by atoms with van der Waals surface area (Å²) < 4.78 is 5.10. The van der Waals surface area contributed by atoms with Crippen molar-refractivity contribution in [3.05, 3.63) is 29.0 Å². The highest BCUT2D eigenvalue weighted by atomic mass is 35.5. The topological polar surface area (TPSA) is 42.4 Å². The van der Waals surface area contributed by atoms with Crippen LogP contribution in [0, 0.1) is 0 Å². The van der Waals surface area contributed by atoms with Crippen LogP contribution in [0.5, 0.6) is 0 Å². The third kappa shape index (κ3) is 3.61. The van der Waals surface area contributed by atoms with Crippen molar-refractivity contribution in [2.45, 2.75) is 12.5 Å². The van der Waals surface area contributed by atoms with Crippen molar-refractivity contribution in [2.75, 3.05) is 31.8 Å². The van der Waals surface area contributed by atoms with E-state index in [4.69, 9.17) is 16.3 Å². The van der Waals surface area contributed by atoms with Gasteiger partial charge in [-0.25, -0.2) is 0 Å². The van der Waals surface area contributed by atoms with Crippen LogP contribution in [-0.4, -0.2) is 53.6 Å². The van der Waals surface area contributed by atoms with Gasteiger partial charge in [0.2, 0.25) is 0 Å². The standard InChI is InChI=1S/C13H17ClN2O2S/c1-18-6-5-16(10-3-7-19-9-10)13(17)11-8-15-4-2-12(11)14/h2,4,8,10H,3,5-7,9H2,1H3. The number of hydrogen-bond acceptors (Lipinski definition) is 4. The molecule has 6 heteroatoms. The van der Waals surface area contributed by atoms with Gasteiger partial charge < -0.3 is 9.64 Å². The summed E-state index contributed by atoms with van der Waals surface area (Å²) in [6.07, 6.45) is 4.15. The van der Waals surface area contributed by atoms with Gasteiger partial charge in [-0.1, -0.05) is 11.6 Å². The van der Waals surface area contributed by atoms with E-state index < -0.39 is 0 Å². The fourth-order valence-electron chi connectivity index (χ4n) is 2.10. The predicted octanol–water partition coefficient (Wildman–Crippen LogP) is 2.33. The van der Waals surface area contributed by atoms with Gasteiger partial charge in [0.25, 0.3) is 5.91 Å². The van der Waals surface area contributed by atoms with Gasteiger partial charge in [0.1, 0.15) is 0 Å². The van der Waals surface area contributed by atoms with Gasteiger partial charge in [0.05, 0.1) is 17.2 Å². The van der Waals surface area contributed by atoms with Crippen LogP contribution in [-0.2, 0) is 4.74 Å². The second-order valence-electron chi connectivity index (χ2n) is 4.36. The fourth-order valence-corrected chi connectivity index (χ4v) is 3.51. The van der Waals surface area contributed by atoms with Crippen molar-refractivity contribution in [1.29, 1.82) is 0 Å². The lowest BCUT2D eigenvalue weighted by molar-refractivity contribution is 0.0624. The molecule has 0 spiro atoms. The largest absolute Gasteiger partial charge is 0.383 e. The Morgan fingerprint density at radius 2 is 2.53 bits per heavy atom. The molecule has 104 valence electrons. The summed E-state index contributed by atoms with van der Waals surface area (Å²) >= 11 is 7.96. The second kappa shape index (κ2) is 7.12. The van der Waals surface area contributed by atoms with Crippen LogP contribution in [0.1, 0.15) is 16.8 Å². The summed E-state index contributed by atoms with van der Waals surface area (Å²) in [6, 6.07) is 1.91. The number of pyridine rings is 1. The first kappa shape index (κ1) is 14.6. The zero-order valence-electron chi connectivity index (χ0n) is 10.8. The molecule has 0 bridgehead atoms. The number of methoxy groups -OCH3 is 1. The Morgan fingerprint density at radius 1 is 1.68 bits per heavy atom. The van der Waals surface area contributed by atoms with Crippen molar-refractivity contribution in [3.8, 4) is 0 Å². The molecule has 1 aliphatic rings. The van der Waals surface area contributed by atoms with E-state index in [0.717, 1.165) is 17.9 Å². The number of nitrogens with zero attached hydrogens (tertiary/aromatic N) is 2. The number of ether oxygens (including phenoxy) is 1. The molecule has 1 atom stereocenters. The van der Waals surface area contributed by atoms with Gasteiger partial charge >= 0.3 is 0 Å². The molecular weight excluding hydrogens is 284 g/mol. The maximum absolute atomic E-state index is 12.6. The van der Waals surface area contributed by atoms with E-state index in [0.29, 0.717) is 23.7 Å². The van der Waals surface area contributed by atoms with E-state index in [2.05, 4.69) is 4.98 Å². The van der Waals surface area contributed by atoms with Crippen molar-refractivity contribution in [1.82, 2.24) is 9.88 Å². The van der Waals surface area contributed by atoms with Gasteiger partial charge in [-0.15, -0.1) is 0 Å².